The maximum atomic E-state index is 12.6. The molecule has 0 saturated heterocycles. The Morgan fingerprint density at radius 1 is 1.18 bits per heavy atom. The molecule has 5 rings (SSSR count). The van der Waals surface area contributed by atoms with Crippen molar-refractivity contribution in [2.75, 3.05) is 26.2 Å². The Morgan fingerprint density at radius 2 is 1.86 bits per heavy atom. The zero-order valence-corrected chi connectivity index (χ0v) is 16.8. The molecule has 4 bridgehead atoms. The molecule has 154 valence electrons. The van der Waals surface area contributed by atoms with Crippen molar-refractivity contribution in [2.24, 2.45) is 29.6 Å². The molecule has 4 saturated carbocycles. The number of nitrogens with zero attached hydrogens (tertiary/aromatic N) is 1. The molecule has 4 fully saturated rings. The first-order chi connectivity index (χ1) is 13.6. The highest BCUT2D eigenvalue weighted by molar-refractivity contribution is 5.93. The molecule has 6 heteroatoms. The van der Waals surface area contributed by atoms with E-state index in [1.807, 2.05) is 11.8 Å². The van der Waals surface area contributed by atoms with Crippen LogP contribution in [-0.4, -0.2) is 47.1 Å². The van der Waals surface area contributed by atoms with E-state index in [0.29, 0.717) is 25.6 Å². The third-order valence-corrected chi connectivity index (χ3v) is 7.39. The van der Waals surface area contributed by atoms with Crippen LogP contribution in [0.5, 0.6) is 0 Å². The van der Waals surface area contributed by atoms with E-state index in [4.69, 9.17) is 5.11 Å². The molecule has 1 heterocycles. The molecule has 6 nitrogen and oxygen atoms in total. The number of hydrogen-bond donors (Lipinski definition) is 3. The van der Waals surface area contributed by atoms with Gasteiger partial charge in [-0.15, -0.1) is 0 Å². The van der Waals surface area contributed by atoms with Gasteiger partial charge >= 0.3 is 0 Å². The van der Waals surface area contributed by atoms with E-state index in [9.17, 15) is 9.59 Å². The average molecular weight is 388 g/mol. The summed E-state index contributed by atoms with van der Waals surface area (Å²) in [5.74, 6) is 3.72. The van der Waals surface area contributed by atoms with Gasteiger partial charge in [-0.25, -0.2) is 0 Å². The maximum Gasteiger partial charge on any atom is 0.261 e. The van der Waals surface area contributed by atoms with Crippen LogP contribution in [0.1, 0.15) is 55.1 Å². The van der Waals surface area contributed by atoms with Crippen LogP contribution in [0.4, 0.5) is 0 Å². The van der Waals surface area contributed by atoms with Crippen LogP contribution in [0.3, 0.4) is 0 Å². The summed E-state index contributed by atoms with van der Waals surface area (Å²) in [7, 11) is 0. The molecule has 0 aromatic carbocycles. The molecule has 0 spiro atoms. The van der Waals surface area contributed by atoms with E-state index < -0.39 is 0 Å². The molecule has 0 unspecified atom stereocenters. The number of carbonyl (C=O) groups is 1. The van der Waals surface area contributed by atoms with Gasteiger partial charge in [0, 0.05) is 25.3 Å². The van der Waals surface area contributed by atoms with Crippen LogP contribution in [0.25, 0.3) is 0 Å². The fraction of sp³-hybridized carbons (Fsp3) is 0.727. The molecule has 3 N–H and O–H groups in total. The van der Waals surface area contributed by atoms with Gasteiger partial charge in [-0.3, -0.25) is 14.5 Å². The number of aromatic nitrogens is 1. The van der Waals surface area contributed by atoms with E-state index in [0.717, 1.165) is 35.9 Å². The number of hydrogen-bond acceptors (Lipinski definition) is 4. The molecule has 1 amide bonds. The molecule has 28 heavy (non-hydrogen) atoms. The highest BCUT2D eigenvalue weighted by Crippen LogP contribution is 2.56. The third-order valence-electron chi connectivity index (χ3n) is 7.39. The SMILES string of the molecule is CCN(CCO)Cc1ccc(C(=O)NCC2C3CC4CC(C3)CC2C4)c(=O)[nH]1. The summed E-state index contributed by atoms with van der Waals surface area (Å²) in [6, 6.07) is 3.44. The van der Waals surface area contributed by atoms with Crippen molar-refractivity contribution >= 4 is 5.91 Å². The molecule has 1 aromatic rings. The predicted octanol–water partition coefficient (Wildman–Crippen LogP) is 1.99. The Balaban J connectivity index is 1.35. The van der Waals surface area contributed by atoms with Crippen LogP contribution < -0.4 is 10.9 Å². The lowest BCUT2D eigenvalue weighted by Gasteiger charge is -2.54. The van der Waals surface area contributed by atoms with E-state index in [1.54, 1.807) is 12.1 Å². The van der Waals surface area contributed by atoms with Crippen LogP contribution >= 0.6 is 0 Å². The van der Waals surface area contributed by atoms with Crippen molar-refractivity contribution < 1.29 is 9.90 Å². The van der Waals surface area contributed by atoms with Crippen molar-refractivity contribution in [1.29, 1.82) is 0 Å². The highest BCUT2D eigenvalue weighted by atomic mass is 16.3. The number of carbonyl (C=O) groups excluding carboxylic acids is 1. The average Bonchev–Trinajstić information content (AvgIpc) is 2.66. The number of likely N-dealkylation sites (N-methyl/N-ethyl adjacent to an activating group) is 1. The lowest BCUT2D eigenvalue weighted by Crippen LogP contribution is -2.49. The maximum absolute atomic E-state index is 12.6. The summed E-state index contributed by atoms with van der Waals surface area (Å²) in [6.07, 6.45) is 6.78. The van der Waals surface area contributed by atoms with E-state index >= 15 is 0 Å². The van der Waals surface area contributed by atoms with Crippen LogP contribution in [-0.2, 0) is 6.54 Å². The molecule has 4 aliphatic rings. The summed E-state index contributed by atoms with van der Waals surface area (Å²) in [4.78, 5) is 29.9. The number of aliphatic hydroxyl groups excluding tert-OH is 1. The zero-order valence-electron chi connectivity index (χ0n) is 16.8. The Labute approximate surface area is 166 Å². The number of aromatic amines is 1. The minimum Gasteiger partial charge on any atom is -0.395 e. The Bertz CT molecular complexity index is 732. The van der Waals surface area contributed by atoms with Gasteiger partial charge in [-0.2, -0.15) is 0 Å². The fourth-order valence-corrected chi connectivity index (χ4v) is 6.19. The smallest absolute Gasteiger partial charge is 0.261 e. The molecule has 1 aromatic heterocycles. The Hall–Kier alpha value is -1.66. The third kappa shape index (κ3) is 4.03. The van der Waals surface area contributed by atoms with Gasteiger partial charge in [0.25, 0.3) is 11.5 Å². The monoisotopic (exact) mass is 387 g/mol. The normalized spacial score (nSPS) is 30.8. The summed E-state index contributed by atoms with van der Waals surface area (Å²) >= 11 is 0. The number of amides is 1. The van der Waals surface area contributed by atoms with Gasteiger partial charge in [-0.05, 0) is 80.4 Å². The quantitative estimate of drug-likeness (QED) is 0.637. The number of rotatable bonds is 8. The van der Waals surface area contributed by atoms with Gasteiger partial charge in [0.05, 0.1) is 6.61 Å². The minimum absolute atomic E-state index is 0.0865. The van der Waals surface area contributed by atoms with Gasteiger partial charge in [0.2, 0.25) is 0 Å². The van der Waals surface area contributed by atoms with Crippen LogP contribution in [0, 0.1) is 29.6 Å². The summed E-state index contributed by atoms with van der Waals surface area (Å²) in [5, 5.41) is 12.2. The second-order valence-corrected chi connectivity index (χ2v) is 9.12. The molecular formula is C22H33N3O3. The molecule has 0 atom stereocenters. The standard InChI is InChI=1S/C22H33N3O3/c1-2-25(5-6-26)13-18-3-4-19(22(28)24-18)21(27)23-12-20-16-8-14-7-15(10-16)11-17(20)9-14/h3-4,14-17,20,26H,2,5-13H2,1H3,(H,23,27)(H,24,28). The largest absolute Gasteiger partial charge is 0.395 e. The highest BCUT2D eigenvalue weighted by Gasteiger charge is 2.47. The Morgan fingerprint density at radius 3 is 2.43 bits per heavy atom. The number of H-pyrrole nitrogens is 1. The van der Waals surface area contributed by atoms with Crippen molar-refractivity contribution in [3.05, 3.63) is 33.7 Å². The van der Waals surface area contributed by atoms with Crippen molar-refractivity contribution in [1.82, 2.24) is 15.2 Å². The Kier molecular flexibility index (Phi) is 5.88. The van der Waals surface area contributed by atoms with Gasteiger partial charge in [0.1, 0.15) is 5.56 Å². The minimum atomic E-state index is -0.333. The topological polar surface area (TPSA) is 85.4 Å². The first-order valence-electron chi connectivity index (χ1n) is 10.9. The molecule has 0 radical (unpaired) electrons. The van der Waals surface area contributed by atoms with E-state index in [2.05, 4.69) is 10.3 Å². The summed E-state index contributed by atoms with van der Waals surface area (Å²) in [6.45, 7) is 4.71. The van der Waals surface area contributed by atoms with Crippen LogP contribution in [0.15, 0.2) is 16.9 Å². The first kappa shape index (κ1) is 19.6. The van der Waals surface area contributed by atoms with Crippen molar-refractivity contribution in [3.8, 4) is 0 Å². The lowest BCUT2D eigenvalue weighted by atomic mass is 9.52. The zero-order chi connectivity index (χ0) is 19.7. The van der Waals surface area contributed by atoms with E-state index in [1.165, 1.54) is 32.1 Å². The van der Waals surface area contributed by atoms with Crippen molar-refractivity contribution in [2.45, 2.75) is 45.6 Å². The molecular weight excluding hydrogens is 354 g/mol. The molecule has 4 aliphatic carbocycles. The summed E-state index contributed by atoms with van der Waals surface area (Å²) < 4.78 is 0. The van der Waals surface area contributed by atoms with Crippen LogP contribution in [0.2, 0.25) is 0 Å². The molecule has 0 aliphatic heterocycles. The summed E-state index contributed by atoms with van der Waals surface area (Å²) in [5.41, 5.74) is 0.621. The number of pyridine rings is 1. The van der Waals surface area contributed by atoms with Gasteiger partial charge < -0.3 is 15.4 Å². The first-order valence-corrected chi connectivity index (χ1v) is 10.9. The number of nitrogens with one attached hydrogen (secondary N) is 2. The van der Waals surface area contributed by atoms with Gasteiger partial charge in [0.15, 0.2) is 0 Å². The van der Waals surface area contributed by atoms with Crippen molar-refractivity contribution in [3.63, 3.8) is 0 Å². The lowest BCUT2D eigenvalue weighted by molar-refractivity contribution is -0.0347. The van der Waals surface area contributed by atoms with E-state index in [-0.39, 0.29) is 23.6 Å². The van der Waals surface area contributed by atoms with Gasteiger partial charge in [-0.1, -0.05) is 6.92 Å². The fourth-order valence-electron chi connectivity index (χ4n) is 6.19. The number of aliphatic hydroxyl groups is 1. The second kappa shape index (κ2) is 8.37. The predicted molar refractivity (Wildman–Crippen MR) is 108 cm³/mol. The second-order valence-electron chi connectivity index (χ2n) is 9.12.